The van der Waals surface area contributed by atoms with Gasteiger partial charge >= 0.3 is 6.09 Å². The molecule has 0 radical (unpaired) electrons. The molecule has 0 aromatic carbocycles. The minimum absolute atomic E-state index is 0.0428. The van der Waals surface area contributed by atoms with Gasteiger partial charge in [0.2, 0.25) is 10.3 Å². The largest absolute Gasteiger partial charge is 0.465 e. The molecular formula is C5H7NO4S2. The lowest BCUT2D eigenvalue weighted by Crippen LogP contribution is -2.42. The van der Waals surface area contributed by atoms with Gasteiger partial charge in [0.05, 0.1) is 0 Å². The first kappa shape index (κ1) is 9.40. The summed E-state index contributed by atoms with van der Waals surface area (Å²) in [4.78, 5) is 11.3. The summed E-state index contributed by atoms with van der Waals surface area (Å²) in [5.41, 5.74) is 0. The molecule has 0 aromatic heterocycles. The Hall–Kier alpha value is -0.690. The van der Waals surface area contributed by atoms with Gasteiger partial charge in [0, 0.05) is 18.1 Å². The highest BCUT2D eigenvalue weighted by atomic mass is 32.2. The number of hydrogen-bond donors (Lipinski definition) is 1. The molecule has 1 saturated heterocycles. The van der Waals surface area contributed by atoms with Gasteiger partial charge in [-0.15, -0.1) is 0 Å². The van der Waals surface area contributed by atoms with Crippen LogP contribution in [0.2, 0.25) is 0 Å². The van der Waals surface area contributed by atoms with E-state index >= 15 is 0 Å². The standard InChI is InChI=1S/C5H7NO4S2/c7-5(8)6-1-2-11-3-4(6)12(9)10/h1-3H2,(H,7,8). The van der Waals surface area contributed by atoms with Crippen molar-refractivity contribution in [2.24, 2.45) is 0 Å². The van der Waals surface area contributed by atoms with Crippen LogP contribution < -0.4 is 0 Å². The number of rotatable bonds is 0. The predicted octanol–water partition coefficient (Wildman–Crippen LogP) is -0.278. The molecule has 1 aliphatic rings. The summed E-state index contributed by atoms with van der Waals surface area (Å²) in [7, 11) is -2.41. The molecule has 0 bridgehead atoms. The molecule has 7 heteroatoms. The highest BCUT2D eigenvalue weighted by molar-refractivity contribution is 8.00. The monoisotopic (exact) mass is 209 g/mol. The lowest BCUT2D eigenvalue weighted by atomic mass is 10.5. The minimum atomic E-state index is -2.41. The van der Waals surface area contributed by atoms with Gasteiger partial charge in [-0.25, -0.2) is 4.79 Å². The molecule has 1 rings (SSSR count). The summed E-state index contributed by atoms with van der Waals surface area (Å²) >= 11 is 1.42. The third kappa shape index (κ3) is 1.92. The van der Waals surface area contributed by atoms with E-state index in [0.29, 0.717) is 5.75 Å². The zero-order valence-electron chi connectivity index (χ0n) is 6.06. The van der Waals surface area contributed by atoms with Crippen LogP contribution in [0.25, 0.3) is 0 Å². The second kappa shape index (κ2) is 3.81. The Morgan fingerprint density at radius 1 is 1.58 bits per heavy atom. The van der Waals surface area contributed by atoms with Gasteiger partial charge in [0.1, 0.15) is 0 Å². The molecule has 0 unspecified atom stereocenters. The maximum Gasteiger partial charge on any atom is 0.412 e. The molecule has 1 heterocycles. The first-order valence-electron chi connectivity index (χ1n) is 3.16. The molecule has 0 atom stereocenters. The molecule has 0 saturated carbocycles. The van der Waals surface area contributed by atoms with Gasteiger partial charge in [0.15, 0.2) is 4.99 Å². The van der Waals surface area contributed by atoms with Gasteiger partial charge in [-0.1, -0.05) is 0 Å². The molecule has 0 spiro atoms. The lowest BCUT2D eigenvalue weighted by Gasteiger charge is -2.22. The van der Waals surface area contributed by atoms with Crippen molar-refractivity contribution in [3.05, 3.63) is 0 Å². The van der Waals surface area contributed by atoms with Crippen molar-refractivity contribution in [3.8, 4) is 0 Å². The summed E-state index contributed by atoms with van der Waals surface area (Å²) < 4.78 is 21.0. The molecule has 0 aromatic rings. The van der Waals surface area contributed by atoms with Crippen LogP contribution in [0.4, 0.5) is 4.79 Å². The fourth-order valence-corrected chi connectivity index (χ4v) is 2.63. The van der Waals surface area contributed by atoms with Crippen LogP contribution in [-0.4, -0.2) is 47.6 Å². The fourth-order valence-electron chi connectivity index (χ4n) is 0.858. The number of hydrogen-bond acceptors (Lipinski definition) is 4. The summed E-state index contributed by atoms with van der Waals surface area (Å²) in [6.07, 6.45) is -1.20. The van der Waals surface area contributed by atoms with Gasteiger partial charge in [0.25, 0.3) is 0 Å². The average Bonchev–Trinajstić information content (AvgIpc) is 2.04. The summed E-state index contributed by atoms with van der Waals surface area (Å²) in [6.45, 7) is 0.253. The van der Waals surface area contributed by atoms with E-state index in [2.05, 4.69) is 0 Å². The SMILES string of the molecule is O=C(O)N1CCSCC1=S(=O)=O. The maximum absolute atomic E-state index is 10.5. The van der Waals surface area contributed by atoms with Crippen molar-refractivity contribution in [1.29, 1.82) is 0 Å². The number of carboxylic acid groups (broad SMARTS) is 1. The van der Waals surface area contributed by atoms with E-state index in [1.54, 1.807) is 0 Å². The highest BCUT2D eigenvalue weighted by Crippen LogP contribution is 2.10. The van der Waals surface area contributed by atoms with Crippen LogP contribution in [0.15, 0.2) is 0 Å². The van der Waals surface area contributed by atoms with E-state index in [1.165, 1.54) is 11.8 Å². The normalized spacial score (nSPS) is 17.7. The molecule has 1 N–H and O–H groups in total. The van der Waals surface area contributed by atoms with Crippen molar-refractivity contribution in [2.45, 2.75) is 0 Å². The zero-order chi connectivity index (χ0) is 9.14. The predicted molar refractivity (Wildman–Crippen MR) is 46.0 cm³/mol. The van der Waals surface area contributed by atoms with Crippen molar-refractivity contribution in [2.75, 3.05) is 18.1 Å². The third-order valence-electron chi connectivity index (χ3n) is 1.41. The van der Waals surface area contributed by atoms with Crippen LogP contribution in [-0.2, 0) is 10.3 Å². The Labute approximate surface area is 74.9 Å². The van der Waals surface area contributed by atoms with E-state index < -0.39 is 16.4 Å². The number of thioether (sulfide) groups is 1. The second-order valence-electron chi connectivity index (χ2n) is 2.12. The fraction of sp³-hybridized carbons (Fsp3) is 0.600. The van der Waals surface area contributed by atoms with E-state index in [0.717, 1.165) is 4.90 Å². The molecule has 5 nitrogen and oxygen atoms in total. The molecule has 1 aliphatic heterocycles. The molecule has 0 aliphatic carbocycles. The molecule has 1 amide bonds. The Bertz CT molecular complexity index is 312. The van der Waals surface area contributed by atoms with Gasteiger partial charge in [-0.2, -0.15) is 20.2 Å². The molecular weight excluding hydrogens is 202 g/mol. The minimum Gasteiger partial charge on any atom is -0.465 e. The van der Waals surface area contributed by atoms with Crippen molar-refractivity contribution in [3.63, 3.8) is 0 Å². The van der Waals surface area contributed by atoms with Crippen LogP contribution >= 0.6 is 11.8 Å². The number of nitrogens with zero attached hydrogens (tertiary/aromatic N) is 1. The zero-order valence-corrected chi connectivity index (χ0v) is 7.69. The number of amides is 1. The highest BCUT2D eigenvalue weighted by Gasteiger charge is 2.23. The third-order valence-corrected chi connectivity index (χ3v) is 3.29. The molecule has 68 valence electrons. The van der Waals surface area contributed by atoms with E-state index in [1.807, 2.05) is 0 Å². The topological polar surface area (TPSA) is 74.7 Å². The lowest BCUT2D eigenvalue weighted by molar-refractivity contribution is 0.171. The Morgan fingerprint density at radius 3 is 2.67 bits per heavy atom. The van der Waals surface area contributed by atoms with Crippen molar-refractivity contribution >= 4 is 33.1 Å². The average molecular weight is 209 g/mol. The Balaban J connectivity index is 2.97. The second-order valence-corrected chi connectivity index (χ2v) is 4.16. The summed E-state index contributed by atoms with van der Waals surface area (Å²) in [5.74, 6) is 0.898. The van der Waals surface area contributed by atoms with Crippen LogP contribution in [0, 0.1) is 0 Å². The molecule has 12 heavy (non-hydrogen) atoms. The van der Waals surface area contributed by atoms with Gasteiger partial charge in [-0.3, -0.25) is 4.90 Å². The van der Waals surface area contributed by atoms with Crippen LogP contribution in [0.3, 0.4) is 0 Å². The van der Waals surface area contributed by atoms with E-state index in [9.17, 15) is 13.2 Å². The van der Waals surface area contributed by atoms with Gasteiger partial charge < -0.3 is 5.11 Å². The quantitative estimate of drug-likeness (QED) is 0.555. The van der Waals surface area contributed by atoms with Crippen molar-refractivity contribution < 1.29 is 18.3 Å². The number of carbonyl (C=O) groups is 1. The van der Waals surface area contributed by atoms with E-state index in [4.69, 9.17) is 5.11 Å². The van der Waals surface area contributed by atoms with Crippen LogP contribution in [0.5, 0.6) is 0 Å². The van der Waals surface area contributed by atoms with Crippen molar-refractivity contribution in [1.82, 2.24) is 4.90 Å². The van der Waals surface area contributed by atoms with E-state index in [-0.39, 0.29) is 17.3 Å². The van der Waals surface area contributed by atoms with Crippen LogP contribution in [0.1, 0.15) is 0 Å². The van der Waals surface area contributed by atoms with Gasteiger partial charge in [-0.05, 0) is 0 Å². The first-order valence-corrected chi connectivity index (χ1v) is 5.39. The summed E-state index contributed by atoms with van der Waals surface area (Å²) in [6, 6.07) is 0. The smallest absolute Gasteiger partial charge is 0.412 e. The Kier molecular flexibility index (Phi) is 2.99. The molecule has 1 fully saturated rings. The maximum atomic E-state index is 10.5. The summed E-state index contributed by atoms with van der Waals surface area (Å²) in [5, 5.41) is 8.58. The Morgan fingerprint density at radius 2 is 2.25 bits per heavy atom. The first-order chi connectivity index (χ1) is 5.63.